The number of hydrogen-bond donors (Lipinski definition) is 3. The van der Waals surface area contributed by atoms with Crippen molar-refractivity contribution in [3.05, 3.63) is 58.8 Å². The minimum atomic E-state index is -4.63. The van der Waals surface area contributed by atoms with Crippen molar-refractivity contribution in [1.82, 2.24) is 20.9 Å². The Kier molecular flexibility index (Phi) is 8.27. The molecule has 38 heavy (non-hydrogen) atoms. The molecular formula is C27H33F3N4O4. The summed E-state index contributed by atoms with van der Waals surface area (Å²) in [5.74, 6) is -0.419. The van der Waals surface area contributed by atoms with Gasteiger partial charge >= 0.3 is 6.18 Å². The summed E-state index contributed by atoms with van der Waals surface area (Å²) in [4.78, 5) is 28.9. The van der Waals surface area contributed by atoms with Crippen molar-refractivity contribution < 1.29 is 32.2 Å². The molecule has 11 heteroatoms. The number of benzene rings is 1. The summed E-state index contributed by atoms with van der Waals surface area (Å²) in [6.07, 6.45) is -3.17. The van der Waals surface area contributed by atoms with Gasteiger partial charge in [0.25, 0.3) is 0 Å². The number of ether oxygens (including phenoxy) is 2. The Hall–Kier alpha value is -3.18. The van der Waals surface area contributed by atoms with Gasteiger partial charge in [-0.1, -0.05) is 32.9 Å². The molecule has 1 aromatic carbocycles. The number of nitrogens with one attached hydrogen (secondary N) is 3. The first-order valence-corrected chi connectivity index (χ1v) is 12.7. The van der Waals surface area contributed by atoms with Crippen LogP contribution in [0, 0.1) is 11.3 Å². The van der Waals surface area contributed by atoms with Crippen molar-refractivity contribution in [2.24, 2.45) is 11.3 Å². The molecule has 2 amide bonds. The lowest BCUT2D eigenvalue weighted by molar-refractivity contribution is -0.139. The monoisotopic (exact) mass is 534 g/mol. The van der Waals surface area contributed by atoms with Gasteiger partial charge in [-0.3, -0.25) is 14.9 Å². The molecule has 0 spiro atoms. The highest BCUT2D eigenvalue weighted by atomic mass is 19.4. The van der Waals surface area contributed by atoms with Crippen molar-refractivity contribution in [3.63, 3.8) is 0 Å². The highest BCUT2D eigenvalue weighted by Crippen LogP contribution is 2.37. The maximum Gasteiger partial charge on any atom is 0.416 e. The van der Waals surface area contributed by atoms with Crippen molar-refractivity contribution in [2.45, 2.75) is 58.5 Å². The van der Waals surface area contributed by atoms with Gasteiger partial charge in [0, 0.05) is 42.8 Å². The van der Waals surface area contributed by atoms with Gasteiger partial charge in [-0.2, -0.15) is 13.2 Å². The second-order valence-corrected chi connectivity index (χ2v) is 10.3. The third-order valence-corrected chi connectivity index (χ3v) is 7.04. The van der Waals surface area contributed by atoms with Gasteiger partial charge < -0.3 is 20.1 Å². The fourth-order valence-corrected chi connectivity index (χ4v) is 4.39. The Bertz CT molecular complexity index is 1140. The average molecular weight is 535 g/mol. The fraction of sp³-hybridized carbons (Fsp3) is 0.519. The van der Waals surface area contributed by atoms with Crippen LogP contribution in [-0.2, 0) is 27.0 Å². The van der Waals surface area contributed by atoms with Crippen LogP contribution in [0.3, 0.4) is 0 Å². The number of amides is 2. The molecule has 2 aliphatic rings. The van der Waals surface area contributed by atoms with Crippen LogP contribution in [0.25, 0.3) is 0 Å². The number of alkyl halides is 3. The van der Waals surface area contributed by atoms with Crippen LogP contribution in [0.1, 0.15) is 68.1 Å². The first kappa shape index (κ1) is 27.8. The van der Waals surface area contributed by atoms with Crippen LogP contribution in [-0.4, -0.2) is 36.6 Å². The normalized spacial score (nSPS) is 21.0. The second-order valence-electron chi connectivity index (χ2n) is 10.3. The van der Waals surface area contributed by atoms with Gasteiger partial charge in [0.05, 0.1) is 30.8 Å². The summed E-state index contributed by atoms with van der Waals surface area (Å²) in [5, 5.41) is 8.47. The van der Waals surface area contributed by atoms with Crippen LogP contribution in [0.2, 0.25) is 0 Å². The van der Waals surface area contributed by atoms with E-state index in [9.17, 15) is 22.8 Å². The summed E-state index contributed by atoms with van der Waals surface area (Å²) in [6.45, 7) is 7.39. The number of carbonyl (C=O) groups excluding carboxylic acids is 2. The summed E-state index contributed by atoms with van der Waals surface area (Å²) >= 11 is 0. The van der Waals surface area contributed by atoms with E-state index in [1.54, 1.807) is 32.2 Å². The summed E-state index contributed by atoms with van der Waals surface area (Å²) in [7, 11) is 0. The summed E-state index contributed by atoms with van der Waals surface area (Å²) in [5.41, 5.74) is 0.168. The zero-order valence-electron chi connectivity index (χ0n) is 21.7. The molecule has 2 aromatic rings. The quantitative estimate of drug-likeness (QED) is 0.449. The number of halogens is 3. The zero-order chi connectivity index (χ0) is 27.5. The molecular weight excluding hydrogens is 501 g/mol. The molecule has 0 radical (unpaired) electrons. The molecule has 1 aromatic heterocycles. The molecule has 3 heterocycles. The van der Waals surface area contributed by atoms with Gasteiger partial charge in [-0.05, 0) is 29.7 Å². The smallest absolute Gasteiger partial charge is 0.416 e. The molecule has 2 aliphatic heterocycles. The Morgan fingerprint density at radius 3 is 2.61 bits per heavy atom. The Morgan fingerprint density at radius 1 is 1.26 bits per heavy atom. The lowest BCUT2D eigenvalue weighted by Gasteiger charge is -2.40. The van der Waals surface area contributed by atoms with E-state index in [2.05, 4.69) is 27.9 Å². The molecule has 0 aliphatic carbocycles. The minimum Gasteiger partial charge on any atom is -0.477 e. The minimum absolute atomic E-state index is 0.00108. The fourth-order valence-electron chi connectivity index (χ4n) is 4.39. The van der Waals surface area contributed by atoms with Gasteiger partial charge in [-0.25, -0.2) is 4.98 Å². The van der Waals surface area contributed by atoms with E-state index in [4.69, 9.17) is 9.47 Å². The molecule has 2 saturated heterocycles. The van der Waals surface area contributed by atoms with Crippen LogP contribution in [0.5, 0.6) is 5.88 Å². The molecule has 0 bridgehead atoms. The molecule has 3 N–H and O–H groups in total. The maximum absolute atomic E-state index is 13.9. The molecule has 8 nitrogen and oxygen atoms in total. The maximum atomic E-state index is 13.9. The van der Waals surface area contributed by atoms with Gasteiger partial charge in [0.2, 0.25) is 17.7 Å². The van der Waals surface area contributed by atoms with Crippen molar-refractivity contribution in [2.75, 3.05) is 19.8 Å². The van der Waals surface area contributed by atoms with E-state index in [0.29, 0.717) is 36.8 Å². The highest BCUT2D eigenvalue weighted by Gasteiger charge is 2.39. The highest BCUT2D eigenvalue weighted by molar-refractivity contribution is 5.78. The first-order valence-electron chi connectivity index (χ1n) is 12.7. The third kappa shape index (κ3) is 6.44. The summed E-state index contributed by atoms with van der Waals surface area (Å²) in [6, 6.07) is 6.58. The average Bonchev–Trinajstić information content (AvgIpc) is 2.86. The van der Waals surface area contributed by atoms with Crippen LogP contribution >= 0.6 is 0 Å². The van der Waals surface area contributed by atoms with E-state index >= 15 is 0 Å². The third-order valence-electron chi connectivity index (χ3n) is 7.04. The van der Waals surface area contributed by atoms with E-state index in [-0.39, 0.29) is 41.7 Å². The van der Waals surface area contributed by atoms with Crippen molar-refractivity contribution in [3.8, 4) is 5.88 Å². The van der Waals surface area contributed by atoms with E-state index in [1.165, 1.54) is 12.1 Å². The first-order chi connectivity index (χ1) is 18.0. The largest absolute Gasteiger partial charge is 0.477 e. The number of nitrogens with zero attached hydrogens (tertiary/aromatic N) is 1. The number of rotatable bonds is 9. The Morgan fingerprint density at radius 2 is 2.03 bits per heavy atom. The van der Waals surface area contributed by atoms with E-state index < -0.39 is 23.9 Å². The lowest BCUT2D eigenvalue weighted by Crippen LogP contribution is -2.47. The predicted molar refractivity (Wildman–Crippen MR) is 133 cm³/mol. The zero-order valence-corrected chi connectivity index (χ0v) is 21.7. The SMILES string of the molecule is CCC1(COc2ccc(C3CC(=O)NC(c4cc(CNC(=O)C(C)C)ccc4C(F)(F)F)N3)cn2)COC1. The number of pyridine rings is 1. The topological polar surface area (TPSA) is 102 Å². The molecule has 206 valence electrons. The number of hydrogen-bond acceptors (Lipinski definition) is 6. The standard InChI is InChI=1S/C27H33F3N4O4/c1-4-26(13-37-14-26)15-38-23-8-6-18(12-31-23)21-10-22(35)34-24(33-21)19-9-17(11-32-25(36)16(2)3)5-7-20(19)27(28,29)30/h5-9,12,16,21,24,33H,4,10-11,13-15H2,1-3H3,(H,32,36)(H,34,35). The molecule has 2 fully saturated rings. The van der Waals surface area contributed by atoms with E-state index in [0.717, 1.165) is 12.5 Å². The summed E-state index contributed by atoms with van der Waals surface area (Å²) < 4.78 is 52.8. The molecule has 0 saturated carbocycles. The number of aromatic nitrogens is 1. The van der Waals surface area contributed by atoms with Gasteiger partial charge in [0.1, 0.15) is 6.17 Å². The molecule has 2 unspecified atom stereocenters. The van der Waals surface area contributed by atoms with Crippen LogP contribution in [0.4, 0.5) is 13.2 Å². The van der Waals surface area contributed by atoms with Crippen LogP contribution < -0.4 is 20.7 Å². The van der Waals surface area contributed by atoms with Crippen LogP contribution in [0.15, 0.2) is 36.5 Å². The Labute approximate surface area is 219 Å². The second kappa shape index (κ2) is 11.3. The predicted octanol–water partition coefficient (Wildman–Crippen LogP) is 4.03. The Balaban J connectivity index is 1.51. The number of carbonyl (C=O) groups is 2. The van der Waals surface area contributed by atoms with Crippen molar-refractivity contribution >= 4 is 11.8 Å². The van der Waals surface area contributed by atoms with E-state index in [1.807, 2.05) is 0 Å². The molecule has 2 atom stereocenters. The van der Waals surface area contributed by atoms with Gasteiger partial charge in [0.15, 0.2) is 0 Å². The van der Waals surface area contributed by atoms with Gasteiger partial charge in [-0.15, -0.1) is 0 Å². The lowest BCUT2D eigenvalue weighted by atomic mass is 9.84. The molecule has 4 rings (SSSR count). The van der Waals surface area contributed by atoms with Crippen molar-refractivity contribution in [1.29, 1.82) is 0 Å².